The summed E-state index contributed by atoms with van der Waals surface area (Å²) in [6, 6.07) is 5.70. The normalized spacial score (nSPS) is 10.3. The van der Waals surface area contributed by atoms with Gasteiger partial charge in [0.1, 0.15) is 5.82 Å². The number of rotatable bonds is 2. The van der Waals surface area contributed by atoms with Crippen LogP contribution in [0.2, 0.25) is 5.02 Å². The van der Waals surface area contributed by atoms with Crippen molar-refractivity contribution in [3.8, 4) is 0 Å². The van der Waals surface area contributed by atoms with Crippen molar-refractivity contribution < 1.29 is 9.18 Å². The van der Waals surface area contributed by atoms with Gasteiger partial charge in [-0.1, -0.05) is 11.6 Å². The molecule has 0 saturated heterocycles. The topological polar surface area (TPSA) is 17.1 Å². The smallest absolute Gasteiger partial charge is 0.193 e. The largest absolute Gasteiger partial charge is 0.289 e. The average molecular weight is 241 g/mol. The lowest BCUT2D eigenvalue weighted by Gasteiger charge is -1.99. The first kappa shape index (κ1) is 10.3. The maximum absolute atomic E-state index is 12.9. The van der Waals surface area contributed by atoms with Gasteiger partial charge in [-0.25, -0.2) is 4.39 Å². The Morgan fingerprint density at radius 1 is 1.27 bits per heavy atom. The van der Waals surface area contributed by atoms with E-state index >= 15 is 0 Å². The summed E-state index contributed by atoms with van der Waals surface area (Å²) >= 11 is 7.04. The zero-order valence-corrected chi connectivity index (χ0v) is 9.11. The van der Waals surface area contributed by atoms with Gasteiger partial charge in [0.15, 0.2) is 5.78 Å². The van der Waals surface area contributed by atoms with Crippen LogP contribution in [-0.2, 0) is 0 Å². The lowest BCUT2D eigenvalue weighted by molar-refractivity contribution is 0.103. The van der Waals surface area contributed by atoms with Gasteiger partial charge < -0.3 is 0 Å². The Labute approximate surface area is 95.1 Å². The van der Waals surface area contributed by atoms with Crippen molar-refractivity contribution in [1.29, 1.82) is 0 Å². The third-order valence-electron chi connectivity index (χ3n) is 1.97. The fourth-order valence-corrected chi connectivity index (χ4v) is 2.01. The minimum atomic E-state index is -0.515. The van der Waals surface area contributed by atoms with E-state index in [0.29, 0.717) is 11.1 Å². The summed E-state index contributed by atoms with van der Waals surface area (Å²) in [4.78, 5) is 11.8. The molecule has 1 aromatic carbocycles. The number of carbonyl (C=O) groups is 1. The van der Waals surface area contributed by atoms with Gasteiger partial charge in [-0.05, 0) is 29.6 Å². The highest BCUT2D eigenvalue weighted by molar-refractivity contribution is 7.08. The van der Waals surface area contributed by atoms with E-state index in [9.17, 15) is 9.18 Å². The number of benzene rings is 1. The summed E-state index contributed by atoms with van der Waals surface area (Å²) < 4.78 is 12.9. The molecule has 1 heterocycles. The molecular formula is C11H6ClFOS. The van der Waals surface area contributed by atoms with E-state index in [2.05, 4.69) is 0 Å². The molecule has 0 atom stereocenters. The number of halogens is 2. The van der Waals surface area contributed by atoms with Crippen molar-refractivity contribution in [1.82, 2.24) is 0 Å². The van der Waals surface area contributed by atoms with Crippen LogP contribution in [-0.4, -0.2) is 5.78 Å². The zero-order valence-electron chi connectivity index (χ0n) is 7.54. The number of hydrogen-bond acceptors (Lipinski definition) is 2. The second-order valence-electron chi connectivity index (χ2n) is 2.97. The van der Waals surface area contributed by atoms with Crippen LogP contribution in [0.5, 0.6) is 0 Å². The molecule has 0 unspecified atom stereocenters. The number of thiophene rings is 1. The number of carbonyl (C=O) groups excluding carboxylic acids is 1. The SMILES string of the molecule is O=C(c1ccsc1)c1ccc(F)c(Cl)c1. The first-order valence-electron chi connectivity index (χ1n) is 4.20. The molecule has 1 aromatic heterocycles. The van der Waals surface area contributed by atoms with Crippen molar-refractivity contribution in [3.05, 3.63) is 57.0 Å². The Bertz CT molecular complexity index is 493. The van der Waals surface area contributed by atoms with E-state index in [1.54, 1.807) is 11.4 Å². The number of ketones is 1. The van der Waals surface area contributed by atoms with Crippen molar-refractivity contribution in [2.24, 2.45) is 0 Å². The predicted molar refractivity (Wildman–Crippen MR) is 59.2 cm³/mol. The molecule has 0 N–H and O–H groups in total. The summed E-state index contributed by atoms with van der Waals surface area (Å²) in [5.74, 6) is -0.656. The van der Waals surface area contributed by atoms with Gasteiger partial charge >= 0.3 is 0 Å². The van der Waals surface area contributed by atoms with Gasteiger partial charge in [0.2, 0.25) is 0 Å². The third kappa shape index (κ3) is 2.08. The first-order chi connectivity index (χ1) is 7.18. The molecule has 15 heavy (non-hydrogen) atoms. The number of hydrogen-bond donors (Lipinski definition) is 0. The molecule has 1 nitrogen and oxygen atoms in total. The Morgan fingerprint density at radius 3 is 2.67 bits per heavy atom. The summed E-state index contributed by atoms with van der Waals surface area (Å²) in [6.07, 6.45) is 0. The van der Waals surface area contributed by atoms with Crippen LogP contribution in [0.4, 0.5) is 4.39 Å². The molecule has 0 aliphatic rings. The molecule has 0 radical (unpaired) electrons. The highest BCUT2D eigenvalue weighted by Crippen LogP contribution is 2.19. The molecule has 0 spiro atoms. The second kappa shape index (κ2) is 4.13. The van der Waals surface area contributed by atoms with Gasteiger partial charge in [0.25, 0.3) is 0 Å². The summed E-state index contributed by atoms with van der Waals surface area (Å²) in [5, 5.41) is 3.54. The Balaban J connectivity index is 2.39. The second-order valence-corrected chi connectivity index (χ2v) is 4.16. The Hall–Kier alpha value is -1.19. The van der Waals surface area contributed by atoms with Crippen LogP contribution >= 0.6 is 22.9 Å². The summed E-state index contributed by atoms with van der Waals surface area (Å²) in [6.45, 7) is 0. The van der Waals surface area contributed by atoms with Crippen molar-refractivity contribution >= 4 is 28.7 Å². The van der Waals surface area contributed by atoms with Crippen LogP contribution in [0.1, 0.15) is 15.9 Å². The monoisotopic (exact) mass is 240 g/mol. The quantitative estimate of drug-likeness (QED) is 0.731. The predicted octanol–water partition coefficient (Wildman–Crippen LogP) is 3.77. The lowest BCUT2D eigenvalue weighted by Crippen LogP contribution is -1.99. The molecule has 76 valence electrons. The third-order valence-corrected chi connectivity index (χ3v) is 2.94. The zero-order chi connectivity index (χ0) is 10.8. The van der Waals surface area contributed by atoms with E-state index in [0.717, 1.165) is 0 Å². The fraction of sp³-hybridized carbons (Fsp3) is 0. The van der Waals surface area contributed by atoms with Crippen LogP contribution in [0.3, 0.4) is 0 Å². The minimum Gasteiger partial charge on any atom is -0.289 e. The van der Waals surface area contributed by atoms with Gasteiger partial charge in [-0.3, -0.25) is 4.79 Å². The molecule has 2 aromatic rings. The molecule has 0 aliphatic carbocycles. The van der Waals surface area contributed by atoms with Gasteiger partial charge in [-0.2, -0.15) is 11.3 Å². The maximum Gasteiger partial charge on any atom is 0.193 e. The molecule has 0 amide bonds. The molecule has 2 rings (SSSR count). The van der Waals surface area contributed by atoms with E-state index in [1.165, 1.54) is 29.5 Å². The Kier molecular flexibility index (Phi) is 2.84. The Morgan fingerprint density at radius 2 is 2.07 bits per heavy atom. The van der Waals surface area contributed by atoms with Crippen LogP contribution in [0.25, 0.3) is 0 Å². The molecular weight excluding hydrogens is 235 g/mol. The molecule has 0 aliphatic heterocycles. The lowest BCUT2D eigenvalue weighted by atomic mass is 10.1. The highest BCUT2D eigenvalue weighted by atomic mass is 35.5. The van der Waals surface area contributed by atoms with E-state index in [4.69, 9.17) is 11.6 Å². The van der Waals surface area contributed by atoms with Crippen LogP contribution < -0.4 is 0 Å². The molecule has 0 saturated carbocycles. The van der Waals surface area contributed by atoms with E-state index < -0.39 is 5.82 Å². The minimum absolute atomic E-state index is 0.0314. The summed E-state index contributed by atoms with van der Waals surface area (Å²) in [7, 11) is 0. The van der Waals surface area contributed by atoms with Gasteiger partial charge in [0, 0.05) is 16.5 Å². The first-order valence-corrected chi connectivity index (χ1v) is 5.52. The van der Waals surface area contributed by atoms with E-state index in [-0.39, 0.29) is 10.8 Å². The van der Waals surface area contributed by atoms with Gasteiger partial charge in [-0.15, -0.1) is 0 Å². The maximum atomic E-state index is 12.9. The molecule has 0 bridgehead atoms. The highest BCUT2D eigenvalue weighted by Gasteiger charge is 2.11. The van der Waals surface area contributed by atoms with Crippen molar-refractivity contribution in [2.45, 2.75) is 0 Å². The van der Waals surface area contributed by atoms with Gasteiger partial charge in [0.05, 0.1) is 5.02 Å². The van der Waals surface area contributed by atoms with Crippen LogP contribution in [0, 0.1) is 5.82 Å². The molecule has 0 fully saturated rings. The standard InChI is InChI=1S/C11H6ClFOS/c12-9-5-7(1-2-10(9)13)11(14)8-3-4-15-6-8/h1-6H. The van der Waals surface area contributed by atoms with E-state index in [1.807, 2.05) is 5.38 Å². The molecule has 4 heteroatoms. The van der Waals surface area contributed by atoms with Crippen molar-refractivity contribution in [3.63, 3.8) is 0 Å². The summed E-state index contributed by atoms with van der Waals surface area (Å²) in [5.41, 5.74) is 1.00. The average Bonchev–Trinajstić information content (AvgIpc) is 2.74. The fourth-order valence-electron chi connectivity index (χ4n) is 1.20. The van der Waals surface area contributed by atoms with Crippen molar-refractivity contribution in [2.75, 3.05) is 0 Å². The van der Waals surface area contributed by atoms with Crippen LogP contribution in [0.15, 0.2) is 35.0 Å².